The highest BCUT2D eigenvalue weighted by atomic mass is 16.3. The molecule has 0 saturated heterocycles. The second-order valence-electron chi connectivity index (χ2n) is 9.05. The highest BCUT2D eigenvalue weighted by Crippen LogP contribution is 2.31. The molecule has 0 aliphatic rings. The second kappa shape index (κ2) is 10.5. The molecular weight excluding hydrogens is 464 g/mol. The molecule has 0 aliphatic heterocycles. The molecule has 5 rings (SSSR count). The van der Waals surface area contributed by atoms with Crippen molar-refractivity contribution in [3.8, 4) is 0 Å². The van der Waals surface area contributed by atoms with Crippen molar-refractivity contribution in [3.05, 3.63) is 120 Å². The van der Waals surface area contributed by atoms with Crippen LogP contribution in [-0.4, -0.2) is 37.4 Å². The van der Waals surface area contributed by atoms with Crippen LogP contribution in [0.3, 0.4) is 0 Å². The summed E-state index contributed by atoms with van der Waals surface area (Å²) in [6, 6.07) is 26.6. The van der Waals surface area contributed by atoms with Crippen molar-refractivity contribution in [1.82, 2.24) is 10.3 Å². The minimum absolute atomic E-state index is 0.0387. The summed E-state index contributed by atoms with van der Waals surface area (Å²) in [5.74, 6) is -0.338. The van der Waals surface area contributed by atoms with E-state index < -0.39 is 0 Å². The average Bonchev–Trinajstić information content (AvgIpc) is 3.61. The second-order valence-corrected chi connectivity index (χ2v) is 9.05. The van der Waals surface area contributed by atoms with Gasteiger partial charge in [-0.3, -0.25) is 9.59 Å². The van der Waals surface area contributed by atoms with Gasteiger partial charge in [-0.05, 0) is 65.7 Å². The van der Waals surface area contributed by atoms with Crippen LogP contribution in [-0.2, 0) is 0 Å². The van der Waals surface area contributed by atoms with Crippen molar-refractivity contribution in [3.63, 3.8) is 0 Å². The van der Waals surface area contributed by atoms with Crippen molar-refractivity contribution in [2.45, 2.75) is 5.92 Å². The van der Waals surface area contributed by atoms with Gasteiger partial charge >= 0.3 is 0 Å². The lowest BCUT2D eigenvalue weighted by Crippen LogP contribution is -2.29. The monoisotopic (exact) mass is 492 g/mol. The minimum Gasteiger partial charge on any atom is -0.459 e. The van der Waals surface area contributed by atoms with E-state index in [0.29, 0.717) is 17.8 Å². The lowest BCUT2D eigenvalue weighted by Gasteiger charge is -2.20. The molecule has 7 nitrogen and oxygen atoms in total. The zero-order chi connectivity index (χ0) is 25.8. The van der Waals surface area contributed by atoms with Crippen molar-refractivity contribution >= 4 is 34.1 Å². The number of rotatable bonds is 8. The standard InChI is InChI=1S/C30H28N4O3/c1-34(2)23-15-11-20(12-16-23)25(26-19-31-27-7-4-3-6-24(26)27)18-32-29(35)21-9-13-22(14-10-21)33-30(36)28-8-5-17-37-28/h3-17,19,25,31H,18H2,1-2H3,(H,32,35)(H,33,36). The fourth-order valence-corrected chi connectivity index (χ4v) is 4.40. The van der Waals surface area contributed by atoms with E-state index in [1.807, 2.05) is 32.4 Å². The van der Waals surface area contributed by atoms with Gasteiger partial charge in [-0.25, -0.2) is 0 Å². The lowest BCUT2D eigenvalue weighted by molar-refractivity contribution is 0.0951. The first kappa shape index (κ1) is 23.9. The maximum Gasteiger partial charge on any atom is 0.291 e. The van der Waals surface area contributed by atoms with E-state index in [1.54, 1.807) is 36.4 Å². The van der Waals surface area contributed by atoms with Crippen LogP contribution in [0.5, 0.6) is 0 Å². The SMILES string of the molecule is CN(C)c1ccc(C(CNC(=O)c2ccc(NC(=O)c3ccco3)cc2)c2c[nH]c3ccccc23)cc1. The molecule has 37 heavy (non-hydrogen) atoms. The van der Waals surface area contributed by atoms with Crippen molar-refractivity contribution in [2.75, 3.05) is 30.9 Å². The molecule has 0 radical (unpaired) electrons. The van der Waals surface area contributed by atoms with Gasteiger partial charge in [0, 0.05) is 60.6 Å². The number of furan rings is 1. The van der Waals surface area contributed by atoms with Gasteiger partial charge in [0.1, 0.15) is 0 Å². The highest BCUT2D eigenvalue weighted by Gasteiger charge is 2.20. The first-order valence-corrected chi connectivity index (χ1v) is 12.1. The van der Waals surface area contributed by atoms with Crippen LogP contribution in [0.4, 0.5) is 11.4 Å². The normalized spacial score (nSPS) is 11.7. The largest absolute Gasteiger partial charge is 0.459 e. The Morgan fingerprint density at radius 1 is 0.892 bits per heavy atom. The molecule has 5 aromatic rings. The summed E-state index contributed by atoms with van der Waals surface area (Å²) in [5.41, 5.74) is 5.51. The number of fused-ring (bicyclic) bond motifs is 1. The third kappa shape index (κ3) is 5.26. The van der Waals surface area contributed by atoms with Crippen molar-refractivity contribution in [1.29, 1.82) is 0 Å². The zero-order valence-electron chi connectivity index (χ0n) is 20.7. The number of carbonyl (C=O) groups is 2. The number of H-pyrrole nitrogens is 1. The third-order valence-electron chi connectivity index (χ3n) is 6.43. The van der Waals surface area contributed by atoms with Gasteiger partial charge in [0.25, 0.3) is 11.8 Å². The van der Waals surface area contributed by atoms with Crippen LogP contribution in [0.15, 0.2) is 102 Å². The molecule has 0 fully saturated rings. The molecule has 3 N–H and O–H groups in total. The highest BCUT2D eigenvalue weighted by molar-refractivity contribution is 6.02. The van der Waals surface area contributed by atoms with E-state index in [4.69, 9.17) is 4.42 Å². The number of nitrogens with one attached hydrogen (secondary N) is 3. The molecule has 1 unspecified atom stereocenters. The summed E-state index contributed by atoms with van der Waals surface area (Å²) in [4.78, 5) is 30.6. The lowest BCUT2D eigenvalue weighted by atomic mass is 9.90. The predicted molar refractivity (Wildman–Crippen MR) is 146 cm³/mol. The number of benzene rings is 3. The number of hydrogen-bond donors (Lipinski definition) is 3. The quantitative estimate of drug-likeness (QED) is 0.261. The van der Waals surface area contributed by atoms with Gasteiger partial charge < -0.3 is 24.9 Å². The Labute approximate surface area is 215 Å². The van der Waals surface area contributed by atoms with E-state index in [0.717, 1.165) is 27.7 Å². The summed E-state index contributed by atoms with van der Waals surface area (Å²) >= 11 is 0. The van der Waals surface area contributed by atoms with E-state index in [2.05, 4.69) is 56.9 Å². The van der Waals surface area contributed by atoms with Crippen LogP contribution >= 0.6 is 0 Å². The Morgan fingerprint density at radius 2 is 1.65 bits per heavy atom. The van der Waals surface area contributed by atoms with E-state index in [-0.39, 0.29) is 23.5 Å². The average molecular weight is 493 g/mol. The first-order chi connectivity index (χ1) is 18.0. The van der Waals surface area contributed by atoms with Gasteiger partial charge in [0.2, 0.25) is 0 Å². The number of nitrogens with zero attached hydrogens (tertiary/aromatic N) is 1. The van der Waals surface area contributed by atoms with Gasteiger partial charge in [0.15, 0.2) is 5.76 Å². The Balaban J connectivity index is 1.33. The molecule has 2 heterocycles. The van der Waals surface area contributed by atoms with E-state index in [9.17, 15) is 9.59 Å². The Bertz CT molecular complexity index is 1500. The van der Waals surface area contributed by atoms with E-state index >= 15 is 0 Å². The van der Waals surface area contributed by atoms with Crippen LogP contribution in [0.25, 0.3) is 10.9 Å². The van der Waals surface area contributed by atoms with Crippen LogP contribution < -0.4 is 15.5 Å². The molecular formula is C30H28N4O3. The molecule has 0 bridgehead atoms. The molecule has 7 heteroatoms. The summed E-state index contributed by atoms with van der Waals surface area (Å²) in [6.07, 6.45) is 3.47. The van der Waals surface area contributed by atoms with Crippen molar-refractivity contribution in [2.24, 2.45) is 0 Å². The Kier molecular flexibility index (Phi) is 6.76. The predicted octanol–water partition coefficient (Wildman–Crippen LogP) is 5.64. The molecule has 186 valence electrons. The number of hydrogen-bond acceptors (Lipinski definition) is 4. The number of carbonyl (C=O) groups excluding carboxylic acids is 2. The Morgan fingerprint density at radius 3 is 2.35 bits per heavy atom. The topological polar surface area (TPSA) is 90.4 Å². The molecule has 2 amide bonds. The van der Waals surface area contributed by atoms with Gasteiger partial charge in [-0.2, -0.15) is 0 Å². The molecule has 3 aromatic carbocycles. The summed E-state index contributed by atoms with van der Waals surface area (Å²) < 4.78 is 5.11. The molecule has 0 saturated carbocycles. The third-order valence-corrected chi connectivity index (χ3v) is 6.43. The van der Waals surface area contributed by atoms with Gasteiger partial charge in [0.05, 0.1) is 6.26 Å². The summed E-state index contributed by atoms with van der Waals surface area (Å²) in [6.45, 7) is 0.430. The number of aromatic nitrogens is 1. The fraction of sp³-hybridized carbons (Fsp3) is 0.133. The smallest absolute Gasteiger partial charge is 0.291 e. The number of amides is 2. The molecule has 0 aliphatic carbocycles. The maximum atomic E-state index is 13.0. The minimum atomic E-state index is -0.343. The maximum absolute atomic E-state index is 13.0. The number of para-hydroxylation sites is 1. The van der Waals surface area contributed by atoms with E-state index in [1.165, 1.54) is 6.26 Å². The molecule has 1 atom stereocenters. The fourth-order valence-electron chi connectivity index (χ4n) is 4.40. The molecule has 0 spiro atoms. The van der Waals surface area contributed by atoms with Gasteiger partial charge in [-0.15, -0.1) is 0 Å². The number of anilines is 2. The van der Waals surface area contributed by atoms with Crippen molar-refractivity contribution < 1.29 is 14.0 Å². The van der Waals surface area contributed by atoms with Crippen LogP contribution in [0.1, 0.15) is 38.0 Å². The van der Waals surface area contributed by atoms with Crippen LogP contribution in [0.2, 0.25) is 0 Å². The zero-order valence-corrected chi connectivity index (χ0v) is 20.7. The summed E-state index contributed by atoms with van der Waals surface area (Å²) in [7, 11) is 4.03. The Hall–Kier alpha value is -4.78. The number of aromatic amines is 1. The first-order valence-electron chi connectivity index (χ1n) is 12.1. The van der Waals surface area contributed by atoms with Gasteiger partial charge in [-0.1, -0.05) is 30.3 Å². The van der Waals surface area contributed by atoms with Crippen LogP contribution in [0, 0.1) is 0 Å². The summed E-state index contributed by atoms with van der Waals surface area (Å²) in [5, 5.41) is 7.00. The molecule has 2 aromatic heterocycles.